The number of nitrogens with one attached hydrogen (secondary N) is 1. The van der Waals surface area contributed by atoms with Crippen molar-refractivity contribution in [1.82, 2.24) is 10.3 Å². The molecule has 1 aliphatic heterocycles. The van der Waals surface area contributed by atoms with Crippen LogP contribution in [0.15, 0.2) is 29.3 Å². The summed E-state index contributed by atoms with van der Waals surface area (Å²) in [5, 5.41) is 6.50. The van der Waals surface area contributed by atoms with Gasteiger partial charge in [0, 0.05) is 23.0 Å². The smallest absolute Gasteiger partial charge is 0.243 e. The van der Waals surface area contributed by atoms with Crippen molar-refractivity contribution in [2.75, 3.05) is 0 Å². The summed E-state index contributed by atoms with van der Waals surface area (Å²) < 4.78 is 0. The van der Waals surface area contributed by atoms with Gasteiger partial charge in [0.15, 0.2) is 0 Å². The average Bonchev–Trinajstić information content (AvgIpc) is 3.23. The summed E-state index contributed by atoms with van der Waals surface area (Å²) >= 11 is 1.75. The molecular weight excluding hydrogens is 352 g/mol. The number of thiazole rings is 1. The molecule has 0 bridgehead atoms. The van der Waals surface area contributed by atoms with Gasteiger partial charge in [-0.1, -0.05) is 32.4 Å². The van der Waals surface area contributed by atoms with Crippen molar-refractivity contribution in [3.05, 3.63) is 34.3 Å². The summed E-state index contributed by atoms with van der Waals surface area (Å²) in [4.78, 5) is 16.4. The summed E-state index contributed by atoms with van der Waals surface area (Å²) in [5.41, 5.74) is 2.08. The van der Waals surface area contributed by atoms with E-state index in [4.69, 9.17) is 0 Å². The van der Waals surface area contributed by atoms with Gasteiger partial charge in [0.05, 0.1) is 0 Å². The number of carbonyl (C=O) groups excluding carboxylic acids is 1. The first-order valence-electron chi connectivity index (χ1n) is 10.5. The predicted molar refractivity (Wildman–Crippen MR) is 110 cm³/mol. The molecule has 1 aromatic heterocycles. The van der Waals surface area contributed by atoms with Crippen molar-refractivity contribution in [2.45, 2.75) is 58.9 Å². The van der Waals surface area contributed by atoms with Crippen LogP contribution in [0.1, 0.15) is 57.9 Å². The number of aromatic nitrogens is 1. The zero-order valence-electron chi connectivity index (χ0n) is 16.6. The lowest BCUT2D eigenvalue weighted by molar-refractivity contribution is -0.121. The molecule has 1 aromatic rings. The number of hydrogen-bond acceptors (Lipinski definition) is 3. The first-order valence-corrected chi connectivity index (χ1v) is 11.4. The van der Waals surface area contributed by atoms with Gasteiger partial charge < -0.3 is 5.32 Å². The van der Waals surface area contributed by atoms with Crippen LogP contribution in [0.4, 0.5) is 0 Å². The number of nitrogens with zero attached hydrogens (tertiary/aromatic N) is 1. The first kappa shape index (κ1) is 17.7. The molecule has 1 unspecified atom stereocenters. The first-order chi connectivity index (χ1) is 12.9. The van der Waals surface area contributed by atoms with Crippen LogP contribution < -0.4 is 5.32 Å². The summed E-state index contributed by atoms with van der Waals surface area (Å²) in [6.45, 7) is 7.35. The molecule has 4 heteroatoms. The number of carbonyl (C=O) groups is 1. The maximum Gasteiger partial charge on any atom is 0.243 e. The van der Waals surface area contributed by atoms with E-state index in [0.717, 1.165) is 23.3 Å². The fraction of sp³-hybridized carbons (Fsp3) is 0.652. The maximum absolute atomic E-state index is 11.9. The highest BCUT2D eigenvalue weighted by atomic mass is 32.1. The van der Waals surface area contributed by atoms with Crippen molar-refractivity contribution < 1.29 is 4.79 Å². The second kappa shape index (κ2) is 6.04. The Morgan fingerprint density at radius 2 is 2.11 bits per heavy atom. The Labute approximate surface area is 166 Å². The minimum Gasteiger partial charge on any atom is -0.349 e. The molecule has 144 valence electrons. The van der Waals surface area contributed by atoms with E-state index in [1.54, 1.807) is 23.0 Å². The Kier molecular flexibility index (Phi) is 3.95. The standard InChI is InChI=1S/C23H30N2OS/c1-14-12-18-15-4-5-19-23(3,9-7-20(26)25-19)16(15)6-8-22(18,2)17(14)13-21-24-10-11-27-21/h7,9-11,13-16,18-19H,4-6,8,12H2,1-3H3,(H,25,26)/b17-13+/t14?,15-,16+,18+,19-,22-,23-/m1/s1. The minimum absolute atomic E-state index is 0.0970. The predicted octanol–water partition coefficient (Wildman–Crippen LogP) is 5.07. The number of fused-ring (bicyclic) bond motifs is 5. The molecule has 2 heterocycles. The largest absolute Gasteiger partial charge is 0.349 e. The van der Waals surface area contributed by atoms with Crippen molar-refractivity contribution in [3.63, 3.8) is 0 Å². The normalized spacial score (nSPS) is 47.3. The highest BCUT2D eigenvalue weighted by Gasteiger charge is 2.59. The average molecular weight is 383 g/mol. The van der Waals surface area contributed by atoms with Crippen molar-refractivity contribution in [2.24, 2.45) is 34.5 Å². The van der Waals surface area contributed by atoms with E-state index < -0.39 is 0 Å². The zero-order valence-corrected chi connectivity index (χ0v) is 17.4. The highest BCUT2D eigenvalue weighted by Crippen LogP contribution is 2.66. The quantitative estimate of drug-likeness (QED) is 0.737. The Morgan fingerprint density at radius 3 is 2.89 bits per heavy atom. The lowest BCUT2D eigenvalue weighted by Crippen LogP contribution is -2.59. The van der Waals surface area contributed by atoms with Crippen LogP contribution >= 0.6 is 11.3 Å². The van der Waals surface area contributed by atoms with Crippen molar-refractivity contribution in [3.8, 4) is 0 Å². The monoisotopic (exact) mass is 382 g/mol. The molecule has 7 atom stereocenters. The fourth-order valence-corrected chi connectivity index (χ4v) is 7.84. The van der Waals surface area contributed by atoms with E-state index in [1.807, 2.05) is 6.20 Å². The van der Waals surface area contributed by atoms with E-state index in [-0.39, 0.29) is 11.3 Å². The van der Waals surface area contributed by atoms with Crippen molar-refractivity contribution >= 4 is 23.3 Å². The molecule has 3 fully saturated rings. The minimum atomic E-state index is 0.0970. The number of hydrogen-bond donors (Lipinski definition) is 1. The van der Waals surface area contributed by atoms with Crippen LogP contribution in [-0.2, 0) is 4.79 Å². The molecule has 1 N–H and O–H groups in total. The third-order valence-corrected chi connectivity index (χ3v) is 9.33. The molecule has 5 rings (SSSR count). The molecule has 3 saturated carbocycles. The Bertz CT molecular complexity index is 812. The lowest BCUT2D eigenvalue weighted by Gasteiger charge is -2.58. The van der Waals surface area contributed by atoms with E-state index >= 15 is 0 Å². The number of amides is 1. The molecule has 3 nitrogen and oxygen atoms in total. The van der Waals surface area contributed by atoms with Gasteiger partial charge in [0.25, 0.3) is 0 Å². The molecule has 3 aliphatic carbocycles. The second-order valence-electron chi connectivity index (χ2n) is 9.78. The van der Waals surface area contributed by atoms with E-state index in [2.05, 4.69) is 48.6 Å². The Hall–Kier alpha value is -1.42. The Morgan fingerprint density at radius 1 is 1.26 bits per heavy atom. The van der Waals surface area contributed by atoms with Crippen LogP contribution in [0.2, 0.25) is 0 Å². The Balaban J connectivity index is 1.50. The van der Waals surface area contributed by atoms with Crippen molar-refractivity contribution in [1.29, 1.82) is 0 Å². The summed E-state index contributed by atoms with van der Waals surface area (Å²) in [6, 6.07) is 0.324. The van der Waals surface area contributed by atoms with Gasteiger partial charge in [-0.15, -0.1) is 11.3 Å². The van der Waals surface area contributed by atoms with Gasteiger partial charge in [-0.3, -0.25) is 4.79 Å². The molecule has 27 heavy (non-hydrogen) atoms. The molecule has 4 aliphatic rings. The van der Waals surface area contributed by atoms with Gasteiger partial charge in [-0.25, -0.2) is 4.98 Å². The third-order valence-electron chi connectivity index (χ3n) is 8.60. The summed E-state index contributed by atoms with van der Waals surface area (Å²) in [5.74, 6) is 2.97. The molecular formula is C23H30N2OS. The van der Waals surface area contributed by atoms with Crippen LogP contribution in [0.3, 0.4) is 0 Å². The SMILES string of the molecule is CC1C[C@H]2[C@@H]3CC[C@H]4NC(=O)C=C[C@]4(C)[C@H]3CC[C@]2(C)/C1=C/c1nccs1. The van der Waals surface area contributed by atoms with Crippen LogP contribution in [0.5, 0.6) is 0 Å². The lowest BCUT2D eigenvalue weighted by atomic mass is 9.48. The topological polar surface area (TPSA) is 42.0 Å². The zero-order chi connectivity index (χ0) is 18.8. The molecule has 0 spiro atoms. The van der Waals surface area contributed by atoms with Gasteiger partial charge >= 0.3 is 0 Å². The molecule has 0 saturated heterocycles. The van der Waals surface area contributed by atoms with Crippen LogP contribution in [0.25, 0.3) is 6.08 Å². The summed E-state index contributed by atoms with van der Waals surface area (Å²) in [7, 11) is 0. The van der Waals surface area contributed by atoms with Crippen LogP contribution in [-0.4, -0.2) is 16.9 Å². The summed E-state index contributed by atoms with van der Waals surface area (Å²) in [6.07, 6.45) is 14.6. The van der Waals surface area contributed by atoms with Gasteiger partial charge in [-0.05, 0) is 73.3 Å². The van der Waals surface area contributed by atoms with E-state index in [9.17, 15) is 4.79 Å². The maximum atomic E-state index is 11.9. The van der Waals surface area contributed by atoms with Gasteiger partial charge in [-0.2, -0.15) is 0 Å². The van der Waals surface area contributed by atoms with Crippen LogP contribution in [0, 0.1) is 34.5 Å². The molecule has 1 amide bonds. The molecule has 0 aromatic carbocycles. The fourth-order valence-electron chi connectivity index (χ4n) is 7.26. The van der Waals surface area contributed by atoms with Gasteiger partial charge in [0.2, 0.25) is 5.91 Å². The number of rotatable bonds is 1. The highest BCUT2D eigenvalue weighted by molar-refractivity contribution is 7.10. The van der Waals surface area contributed by atoms with E-state index in [0.29, 0.717) is 23.3 Å². The molecule has 0 radical (unpaired) electrons. The third kappa shape index (κ3) is 2.52. The second-order valence-corrected chi connectivity index (χ2v) is 10.7. The van der Waals surface area contributed by atoms with E-state index in [1.165, 1.54) is 25.7 Å². The number of allylic oxidation sites excluding steroid dienone is 1. The van der Waals surface area contributed by atoms with Gasteiger partial charge in [0.1, 0.15) is 5.01 Å².